The van der Waals surface area contributed by atoms with Crippen LogP contribution in [0.15, 0.2) is 71.8 Å². The van der Waals surface area contributed by atoms with Gasteiger partial charge in [0.05, 0.1) is 24.4 Å². The van der Waals surface area contributed by atoms with Crippen molar-refractivity contribution in [1.29, 1.82) is 0 Å². The van der Waals surface area contributed by atoms with E-state index < -0.39 is 6.23 Å². The van der Waals surface area contributed by atoms with E-state index in [0.717, 1.165) is 33.7 Å². The number of esters is 1. The van der Waals surface area contributed by atoms with Crippen molar-refractivity contribution in [3.63, 3.8) is 0 Å². The number of aryl methyl sites for hydroxylation is 1. The van der Waals surface area contributed by atoms with Gasteiger partial charge in [0.2, 0.25) is 6.23 Å². The normalized spacial score (nSPS) is 19.2. The van der Waals surface area contributed by atoms with Gasteiger partial charge in [0.15, 0.2) is 0 Å². The van der Waals surface area contributed by atoms with Crippen LogP contribution in [-0.2, 0) is 4.74 Å². The first-order chi connectivity index (χ1) is 15.0. The summed E-state index contributed by atoms with van der Waals surface area (Å²) < 4.78 is 11.1. The van der Waals surface area contributed by atoms with Gasteiger partial charge in [0.1, 0.15) is 11.5 Å². The van der Waals surface area contributed by atoms with Crippen LogP contribution < -0.4 is 4.74 Å². The number of rotatable bonds is 3. The Labute approximate surface area is 180 Å². The molecule has 0 aromatic heterocycles. The maximum atomic E-state index is 11.8. The predicted octanol–water partition coefficient (Wildman–Crippen LogP) is 4.73. The minimum atomic E-state index is -0.448. The van der Waals surface area contributed by atoms with Crippen LogP contribution in [0, 0.1) is 6.92 Å². The summed E-state index contributed by atoms with van der Waals surface area (Å²) in [6.45, 7) is 2.00. The number of fused-ring (bicyclic) bond motifs is 3. The van der Waals surface area contributed by atoms with E-state index in [-0.39, 0.29) is 17.8 Å². The fourth-order valence-electron chi connectivity index (χ4n) is 4.20. The number of phenolic OH excluding ortho intramolecular Hbond substituents is 1. The van der Waals surface area contributed by atoms with E-state index in [2.05, 4.69) is 6.07 Å². The fraction of sp³-hybridized carbons (Fsp3) is 0.200. The second kappa shape index (κ2) is 7.47. The first kappa shape index (κ1) is 19.2. The molecule has 0 saturated heterocycles. The fourth-order valence-corrected chi connectivity index (χ4v) is 4.20. The summed E-state index contributed by atoms with van der Waals surface area (Å²) in [7, 11) is 1.36. The average molecular weight is 414 g/mol. The van der Waals surface area contributed by atoms with Gasteiger partial charge < -0.3 is 14.6 Å². The minimum Gasteiger partial charge on any atom is -0.507 e. The van der Waals surface area contributed by atoms with Gasteiger partial charge >= 0.3 is 5.97 Å². The monoisotopic (exact) mass is 414 g/mol. The third kappa shape index (κ3) is 3.30. The lowest BCUT2D eigenvalue weighted by Crippen LogP contribution is -2.33. The molecule has 5 rings (SSSR count). The van der Waals surface area contributed by atoms with Gasteiger partial charge in [-0.15, -0.1) is 0 Å². The molecule has 0 aliphatic carbocycles. The lowest BCUT2D eigenvalue weighted by atomic mass is 9.95. The van der Waals surface area contributed by atoms with Crippen LogP contribution in [0.5, 0.6) is 11.5 Å². The topological polar surface area (TPSA) is 71.4 Å². The van der Waals surface area contributed by atoms with Gasteiger partial charge in [-0.2, -0.15) is 5.10 Å². The van der Waals surface area contributed by atoms with Crippen molar-refractivity contribution in [2.45, 2.75) is 25.6 Å². The third-order valence-corrected chi connectivity index (χ3v) is 5.78. The van der Waals surface area contributed by atoms with Crippen LogP contribution in [0.4, 0.5) is 0 Å². The molecule has 3 aromatic carbocycles. The summed E-state index contributed by atoms with van der Waals surface area (Å²) in [6, 6.07) is 20.7. The Hall–Kier alpha value is -3.80. The Morgan fingerprint density at radius 1 is 1.13 bits per heavy atom. The van der Waals surface area contributed by atoms with Crippen molar-refractivity contribution < 1.29 is 19.4 Å². The van der Waals surface area contributed by atoms with E-state index in [9.17, 15) is 9.90 Å². The number of carbonyl (C=O) groups is 1. The first-order valence-corrected chi connectivity index (χ1v) is 10.1. The zero-order valence-electron chi connectivity index (χ0n) is 17.3. The SMILES string of the molecule is COC(=O)c1ccc([C@H]2Oc3ccccc3[C@@H]3CC(c4cc(C)ccc4O)=NN23)cc1. The molecule has 0 spiro atoms. The summed E-state index contributed by atoms with van der Waals surface area (Å²) in [5, 5.41) is 17.3. The number of hydrogen-bond donors (Lipinski definition) is 1. The van der Waals surface area contributed by atoms with Gasteiger partial charge in [0.25, 0.3) is 0 Å². The lowest BCUT2D eigenvalue weighted by molar-refractivity contribution is -0.0190. The molecule has 2 aliphatic heterocycles. The Morgan fingerprint density at radius 3 is 2.68 bits per heavy atom. The second-order valence-electron chi connectivity index (χ2n) is 7.79. The average Bonchev–Trinajstić information content (AvgIpc) is 3.25. The molecule has 31 heavy (non-hydrogen) atoms. The van der Waals surface area contributed by atoms with Gasteiger partial charge in [-0.25, -0.2) is 9.80 Å². The van der Waals surface area contributed by atoms with Crippen LogP contribution in [-0.4, -0.2) is 28.9 Å². The molecule has 6 nitrogen and oxygen atoms in total. The largest absolute Gasteiger partial charge is 0.507 e. The van der Waals surface area contributed by atoms with Crippen LogP contribution in [0.25, 0.3) is 0 Å². The number of methoxy groups -OCH3 is 1. The molecule has 2 aliphatic rings. The Bertz CT molecular complexity index is 1190. The van der Waals surface area contributed by atoms with Gasteiger partial charge in [-0.3, -0.25) is 0 Å². The number of ether oxygens (including phenoxy) is 2. The van der Waals surface area contributed by atoms with E-state index in [1.54, 1.807) is 18.2 Å². The Balaban J connectivity index is 1.57. The van der Waals surface area contributed by atoms with Gasteiger partial charge in [-0.05, 0) is 37.3 Å². The molecule has 3 aromatic rings. The van der Waals surface area contributed by atoms with Crippen molar-refractivity contribution in [3.05, 3.63) is 94.5 Å². The number of benzene rings is 3. The molecule has 2 heterocycles. The molecule has 6 heteroatoms. The first-order valence-electron chi connectivity index (χ1n) is 10.1. The molecule has 0 unspecified atom stereocenters. The number of phenols is 1. The van der Waals surface area contributed by atoms with Gasteiger partial charge in [-0.1, -0.05) is 42.0 Å². The Kier molecular flexibility index (Phi) is 4.62. The van der Waals surface area contributed by atoms with Gasteiger partial charge in [0, 0.05) is 23.1 Å². The third-order valence-electron chi connectivity index (χ3n) is 5.78. The summed E-state index contributed by atoms with van der Waals surface area (Å²) in [6.07, 6.45) is 0.213. The number of para-hydroxylation sites is 1. The molecule has 156 valence electrons. The Morgan fingerprint density at radius 2 is 1.90 bits per heavy atom. The minimum absolute atomic E-state index is 0.00912. The predicted molar refractivity (Wildman–Crippen MR) is 116 cm³/mol. The quantitative estimate of drug-likeness (QED) is 0.628. The highest BCUT2D eigenvalue weighted by Crippen LogP contribution is 2.47. The molecule has 0 bridgehead atoms. The van der Waals surface area contributed by atoms with Crippen molar-refractivity contribution in [1.82, 2.24) is 5.01 Å². The van der Waals surface area contributed by atoms with Crippen LogP contribution >= 0.6 is 0 Å². The highest BCUT2D eigenvalue weighted by Gasteiger charge is 2.41. The van der Waals surface area contributed by atoms with Crippen molar-refractivity contribution >= 4 is 11.7 Å². The number of aromatic hydroxyl groups is 1. The molecular formula is C25H22N2O4. The molecule has 0 fully saturated rings. The van der Waals surface area contributed by atoms with Crippen molar-refractivity contribution in [2.75, 3.05) is 7.11 Å². The molecule has 0 saturated carbocycles. The highest BCUT2D eigenvalue weighted by molar-refractivity contribution is 6.04. The summed E-state index contributed by atoms with van der Waals surface area (Å²) in [5.41, 5.74) is 5.05. The van der Waals surface area contributed by atoms with E-state index in [0.29, 0.717) is 12.0 Å². The van der Waals surface area contributed by atoms with Crippen LogP contribution in [0.2, 0.25) is 0 Å². The zero-order chi connectivity index (χ0) is 21.5. The number of hydrogen-bond acceptors (Lipinski definition) is 6. The number of carbonyl (C=O) groups excluding carboxylic acids is 1. The van der Waals surface area contributed by atoms with Crippen LogP contribution in [0.1, 0.15) is 51.3 Å². The molecular weight excluding hydrogens is 392 g/mol. The summed E-state index contributed by atoms with van der Waals surface area (Å²) >= 11 is 0. The maximum absolute atomic E-state index is 11.8. The van der Waals surface area contributed by atoms with Crippen molar-refractivity contribution in [3.8, 4) is 11.5 Å². The lowest BCUT2D eigenvalue weighted by Gasteiger charge is -2.38. The molecule has 2 atom stereocenters. The van der Waals surface area contributed by atoms with E-state index >= 15 is 0 Å². The van der Waals surface area contributed by atoms with Crippen molar-refractivity contribution in [2.24, 2.45) is 5.10 Å². The highest BCUT2D eigenvalue weighted by atomic mass is 16.5. The van der Waals surface area contributed by atoms with E-state index in [4.69, 9.17) is 14.6 Å². The maximum Gasteiger partial charge on any atom is 0.337 e. The second-order valence-corrected chi connectivity index (χ2v) is 7.79. The number of hydrazone groups is 1. The number of nitrogens with zero attached hydrogens (tertiary/aromatic N) is 2. The van der Waals surface area contributed by atoms with E-state index in [1.165, 1.54) is 7.11 Å². The molecule has 0 radical (unpaired) electrons. The zero-order valence-corrected chi connectivity index (χ0v) is 17.3. The van der Waals surface area contributed by atoms with E-state index in [1.807, 2.05) is 54.4 Å². The molecule has 0 amide bonds. The smallest absolute Gasteiger partial charge is 0.337 e. The molecule has 1 N–H and O–H groups in total. The standard InChI is InChI=1S/C25H22N2O4/c1-15-7-12-22(28)19(13-15)20-14-21-18-5-3-4-6-23(18)31-24(27(21)26-20)16-8-10-17(11-9-16)25(29)30-2/h3-13,21,24,28H,14H2,1-2H3/t21-,24+/m0/s1. The summed E-state index contributed by atoms with van der Waals surface area (Å²) in [4.78, 5) is 11.8. The summed E-state index contributed by atoms with van der Waals surface area (Å²) in [5.74, 6) is 0.656. The van der Waals surface area contributed by atoms with Crippen LogP contribution in [0.3, 0.4) is 0 Å².